The molecule has 5 heteroatoms. The maximum atomic E-state index is 11.5. The van der Waals surface area contributed by atoms with Crippen molar-refractivity contribution in [3.8, 4) is 0 Å². The summed E-state index contributed by atoms with van der Waals surface area (Å²) >= 11 is 0. The Bertz CT molecular complexity index is 490. The van der Waals surface area contributed by atoms with Gasteiger partial charge in [-0.25, -0.2) is 14.8 Å². The van der Waals surface area contributed by atoms with Crippen molar-refractivity contribution in [2.75, 3.05) is 12.4 Å². The highest BCUT2D eigenvalue weighted by Crippen LogP contribution is 2.30. The quantitative estimate of drug-likeness (QED) is 0.861. The first kappa shape index (κ1) is 14.8. The molecule has 3 unspecified atom stereocenters. The largest absolute Gasteiger partial charge is 0.463 e. The molecule has 20 heavy (non-hydrogen) atoms. The van der Waals surface area contributed by atoms with E-state index in [4.69, 9.17) is 0 Å². The van der Waals surface area contributed by atoms with Gasteiger partial charge in [0.2, 0.25) is 5.82 Å². The van der Waals surface area contributed by atoms with Gasteiger partial charge in [-0.15, -0.1) is 0 Å². The van der Waals surface area contributed by atoms with Crippen molar-refractivity contribution in [1.29, 1.82) is 0 Å². The first-order valence-corrected chi connectivity index (χ1v) is 7.20. The van der Waals surface area contributed by atoms with Crippen LogP contribution in [0.4, 0.5) is 5.82 Å². The lowest BCUT2D eigenvalue weighted by Gasteiger charge is -2.33. The standard InChI is InChI=1S/C15H23N3O2/c1-9-5-6-12(10(2)7-9)17-13-8-11(3)16-14(18-13)15(19)20-4/h8-10,12H,5-7H2,1-4H3,(H,16,17,18). The van der Waals surface area contributed by atoms with Crippen molar-refractivity contribution >= 4 is 11.8 Å². The molecule has 1 aliphatic carbocycles. The second-order valence-electron chi connectivity index (χ2n) is 5.86. The van der Waals surface area contributed by atoms with Gasteiger partial charge in [-0.05, 0) is 38.0 Å². The summed E-state index contributed by atoms with van der Waals surface area (Å²) in [7, 11) is 1.34. The minimum atomic E-state index is -0.498. The summed E-state index contributed by atoms with van der Waals surface area (Å²) in [5.41, 5.74) is 0.764. The Morgan fingerprint density at radius 2 is 2.10 bits per heavy atom. The molecule has 1 heterocycles. The lowest BCUT2D eigenvalue weighted by atomic mass is 9.80. The molecule has 0 aromatic carbocycles. The lowest BCUT2D eigenvalue weighted by Crippen LogP contribution is -2.33. The summed E-state index contributed by atoms with van der Waals surface area (Å²) in [5.74, 6) is 1.73. The number of ether oxygens (including phenoxy) is 1. The van der Waals surface area contributed by atoms with E-state index in [1.807, 2.05) is 13.0 Å². The zero-order valence-electron chi connectivity index (χ0n) is 12.6. The van der Waals surface area contributed by atoms with Gasteiger partial charge in [0.15, 0.2) is 0 Å². The third-order valence-electron chi connectivity index (χ3n) is 3.99. The number of nitrogens with zero attached hydrogens (tertiary/aromatic N) is 2. The average Bonchev–Trinajstić information content (AvgIpc) is 2.40. The van der Waals surface area contributed by atoms with E-state index >= 15 is 0 Å². The Balaban J connectivity index is 2.13. The second-order valence-corrected chi connectivity index (χ2v) is 5.86. The molecule has 0 saturated heterocycles. The summed E-state index contributed by atoms with van der Waals surface area (Å²) in [6, 6.07) is 2.28. The zero-order valence-corrected chi connectivity index (χ0v) is 12.6. The molecule has 110 valence electrons. The molecular formula is C15H23N3O2. The van der Waals surface area contributed by atoms with Crippen molar-refractivity contribution in [2.45, 2.75) is 46.1 Å². The van der Waals surface area contributed by atoms with Crippen LogP contribution < -0.4 is 5.32 Å². The van der Waals surface area contributed by atoms with Gasteiger partial charge in [0.1, 0.15) is 5.82 Å². The first-order chi connectivity index (χ1) is 9.49. The Hall–Kier alpha value is -1.65. The highest BCUT2D eigenvalue weighted by molar-refractivity contribution is 5.85. The van der Waals surface area contributed by atoms with Crippen LogP contribution in [0.5, 0.6) is 0 Å². The van der Waals surface area contributed by atoms with Crippen LogP contribution in [0, 0.1) is 18.8 Å². The summed E-state index contributed by atoms with van der Waals surface area (Å²) < 4.78 is 4.68. The number of hydrogen-bond donors (Lipinski definition) is 1. The van der Waals surface area contributed by atoms with Gasteiger partial charge in [0.05, 0.1) is 7.11 Å². The number of nitrogens with one attached hydrogen (secondary N) is 1. The summed E-state index contributed by atoms with van der Waals surface area (Å²) in [6.45, 7) is 6.42. The Kier molecular flexibility index (Phi) is 4.57. The highest BCUT2D eigenvalue weighted by atomic mass is 16.5. The van der Waals surface area contributed by atoms with Gasteiger partial charge in [-0.2, -0.15) is 0 Å². The van der Waals surface area contributed by atoms with Crippen LogP contribution in [-0.4, -0.2) is 29.1 Å². The highest BCUT2D eigenvalue weighted by Gasteiger charge is 2.25. The molecule has 1 N–H and O–H groups in total. The molecule has 1 aromatic heterocycles. The van der Waals surface area contributed by atoms with Crippen LogP contribution in [-0.2, 0) is 4.74 Å². The predicted octanol–water partition coefficient (Wildman–Crippen LogP) is 2.81. The van der Waals surface area contributed by atoms with Crippen LogP contribution in [0.1, 0.15) is 49.4 Å². The van der Waals surface area contributed by atoms with Crippen LogP contribution in [0.15, 0.2) is 6.07 Å². The number of rotatable bonds is 3. The van der Waals surface area contributed by atoms with E-state index in [0.717, 1.165) is 18.0 Å². The molecule has 1 saturated carbocycles. The average molecular weight is 277 g/mol. The monoisotopic (exact) mass is 277 g/mol. The van der Waals surface area contributed by atoms with Crippen molar-refractivity contribution in [2.24, 2.45) is 11.8 Å². The molecule has 1 fully saturated rings. The van der Waals surface area contributed by atoms with Crippen molar-refractivity contribution < 1.29 is 9.53 Å². The van der Waals surface area contributed by atoms with Crippen LogP contribution in [0.25, 0.3) is 0 Å². The van der Waals surface area contributed by atoms with Crippen molar-refractivity contribution in [3.05, 3.63) is 17.6 Å². The third kappa shape index (κ3) is 3.46. The number of hydrogen-bond acceptors (Lipinski definition) is 5. The van der Waals surface area contributed by atoms with E-state index in [1.54, 1.807) is 0 Å². The molecule has 0 amide bonds. The van der Waals surface area contributed by atoms with Crippen molar-refractivity contribution in [3.63, 3.8) is 0 Å². The summed E-state index contributed by atoms with van der Waals surface area (Å²) in [5, 5.41) is 3.45. The summed E-state index contributed by atoms with van der Waals surface area (Å²) in [4.78, 5) is 19.9. The van der Waals surface area contributed by atoms with Gasteiger partial charge >= 0.3 is 5.97 Å². The molecule has 2 rings (SSSR count). The maximum Gasteiger partial charge on any atom is 0.376 e. The van der Waals surface area contributed by atoms with Crippen LogP contribution in [0.3, 0.4) is 0 Å². The Labute approximate surface area is 120 Å². The van der Waals surface area contributed by atoms with E-state index in [1.165, 1.54) is 20.0 Å². The number of methoxy groups -OCH3 is 1. The molecule has 3 atom stereocenters. The number of carbonyl (C=O) groups excluding carboxylic acids is 1. The van der Waals surface area contributed by atoms with Crippen LogP contribution in [0.2, 0.25) is 0 Å². The minimum absolute atomic E-state index is 0.117. The van der Waals surface area contributed by atoms with Gasteiger partial charge in [-0.3, -0.25) is 0 Å². The number of esters is 1. The number of anilines is 1. The SMILES string of the molecule is COC(=O)c1nc(C)cc(NC2CCC(C)CC2C)n1. The van der Waals surface area contributed by atoms with E-state index in [0.29, 0.717) is 17.8 Å². The van der Waals surface area contributed by atoms with E-state index in [-0.39, 0.29) is 5.82 Å². The van der Waals surface area contributed by atoms with Gasteiger partial charge in [0.25, 0.3) is 0 Å². The number of aromatic nitrogens is 2. The van der Waals surface area contributed by atoms with Crippen molar-refractivity contribution in [1.82, 2.24) is 9.97 Å². The second kappa shape index (κ2) is 6.20. The Morgan fingerprint density at radius 3 is 2.75 bits per heavy atom. The molecule has 0 aliphatic heterocycles. The fourth-order valence-corrected chi connectivity index (χ4v) is 2.89. The molecule has 0 spiro atoms. The molecule has 0 radical (unpaired) electrons. The van der Waals surface area contributed by atoms with E-state index < -0.39 is 5.97 Å². The maximum absolute atomic E-state index is 11.5. The summed E-state index contributed by atoms with van der Waals surface area (Å²) in [6.07, 6.45) is 3.60. The van der Waals surface area contributed by atoms with E-state index in [2.05, 4.69) is 33.9 Å². The predicted molar refractivity (Wildman–Crippen MR) is 77.7 cm³/mol. The van der Waals surface area contributed by atoms with Gasteiger partial charge < -0.3 is 10.1 Å². The first-order valence-electron chi connectivity index (χ1n) is 7.20. The number of carbonyl (C=O) groups is 1. The normalized spacial score (nSPS) is 26.1. The third-order valence-corrected chi connectivity index (χ3v) is 3.99. The smallest absolute Gasteiger partial charge is 0.376 e. The lowest BCUT2D eigenvalue weighted by molar-refractivity contribution is 0.0586. The molecule has 1 aliphatic rings. The minimum Gasteiger partial charge on any atom is -0.463 e. The van der Waals surface area contributed by atoms with Gasteiger partial charge in [0, 0.05) is 17.8 Å². The topological polar surface area (TPSA) is 64.1 Å². The fourth-order valence-electron chi connectivity index (χ4n) is 2.89. The van der Waals surface area contributed by atoms with Gasteiger partial charge in [-0.1, -0.05) is 13.8 Å². The van der Waals surface area contributed by atoms with E-state index in [9.17, 15) is 4.79 Å². The fraction of sp³-hybridized carbons (Fsp3) is 0.667. The number of aryl methyl sites for hydroxylation is 1. The molecular weight excluding hydrogens is 254 g/mol. The molecule has 0 bridgehead atoms. The van der Waals surface area contributed by atoms with Crippen LogP contribution >= 0.6 is 0 Å². The Morgan fingerprint density at radius 1 is 1.35 bits per heavy atom. The molecule has 5 nitrogen and oxygen atoms in total. The molecule has 1 aromatic rings. The zero-order chi connectivity index (χ0) is 14.7.